The molecule has 22 heteroatoms. The number of halogens is 2. The number of benzene rings is 5. The molecule has 0 aliphatic heterocycles. The number of thiocarbonyl (C=S) groups is 2. The number of fused-ring (bicyclic) bond motifs is 1. The van der Waals surface area contributed by atoms with Gasteiger partial charge in [-0.15, -0.1) is 0 Å². The zero-order chi connectivity index (χ0) is 44.6. The second kappa shape index (κ2) is 20.0. The molecule has 5 aromatic rings. The number of nitrogens with one attached hydrogen (secondary N) is 5. The van der Waals surface area contributed by atoms with Crippen LogP contribution in [0, 0.1) is 5.92 Å². The second-order valence-electron chi connectivity index (χ2n) is 13.0. The third-order valence-electron chi connectivity index (χ3n) is 8.73. The van der Waals surface area contributed by atoms with Crippen LogP contribution in [0.1, 0.15) is 27.8 Å². The summed E-state index contributed by atoms with van der Waals surface area (Å²) in [6.07, 6.45) is 3.37. The van der Waals surface area contributed by atoms with Crippen LogP contribution in [0.2, 0.25) is 0 Å². The van der Waals surface area contributed by atoms with Crippen molar-refractivity contribution < 1.29 is 45.7 Å². The molecule has 9 N–H and O–H groups in total. The predicted molar refractivity (Wildman–Crippen MR) is 246 cm³/mol. The van der Waals surface area contributed by atoms with Gasteiger partial charge in [-0.2, -0.15) is 21.9 Å². The SMILES string of the molecule is CNC(=S)Nc1ccc(/C=C/c2ccc(CC(=S)NNC(=O)C(Cc3ccc4ccccc4c3)C(=O)N/N=C/c3cc(Br)c(O)c(Br)c3O)cc2S(=O)(=O)O)c(S(=O)(=O)O)c1. The normalized spacial score (nSPS) is 12.3. The summed E-state index contributed by atoms with van der Waals surface area (Å²) in [7, 11) is -8.05. The minimum atomic E-state index is -4.85. The molecule has 61 heavy (non-hydrogen) atoms. The Morgan fingerprint density at radius 2 is 1.38 bits per heavy atom. The molecule has 2 amide bonds. The number of hydrazine groups is 1. The molecule has 0 heterocycles. The number of hydrogen-bond acceptors (Lipinski definition) is 11. The lowest BCUT2D eigenvalue weighted by Crippen LogP contribution is -2.48. The lowest BCUT2D eigenvalue weighted by atomic mass is 9.96. The van der Waals surface area contributed by atoms with Gasteiger partial charge in [0.25, 0.3) is 32.1 Å². The van der Waals surface area contributed by atoms with E-state index in [2.05, 4.69) is 63.9 Å². The number of aromatic hydroxyl groups is 2. The lowest BCUT2D eigenvalue weighted by molar-refractivity contribution is -0.135. The first-order chi connectivity index (χ1) is 28.7. The molecule has 0 radical (unpaired) electrons. The maximum atomic E-state index is 13.6. The maximum Gasteiger partial charge on any atom is 0.295 e. The smallest absolute Gasteiger partial charge is 0.295 e. The predicted octanol–water partition coefficient (Wildman–Crippen LogP) is 5.86. The Balaban J connectivity index is 1.32. The number of rotatable bonds is 13. The van der Waals surface area contributed by atoms with Gasteiger partial charge in [-0.1, -0.05) is 85.0 Å². The number of carbonyl (C=O) groups excluding carboxylic acids is 2. The highest BCUT2D eigenvalue weighted by Gasteiger charge is 2.28. The standard InChI is InChI=1S/C39H34Br2N6O10S4/c1-42-39(59)44-28-13-12-25(32(19-28)61(55,56)57)11-10-24-9-7-22(16-31(24)60(52,53)54)17-33(58)45-47-38(51)29(15-21-6-8-23-4-2-3-5-26(23)14-21)37(50)46-43-20-27-18-30(40)36(49)34(41)35(27)48/h2-14,16,18-20,29,48-49H,15,17H2,1H3,(H,45,58)(H,46,50)(H,47,51)(H2,42,44,59)(H,52,53,54)(H,55,56,57)/b11-10+,43-20+. The monoisotopic (exact) mass is 1030 g/mol. The lowest BCUT2D eigenvalue weighted by Gasteiger charge is -2.17. The summed E-state index contributed by atoms with van der Waals surface area (Å²) in [5, 5.41) is 31.7. The van der Waals surface area contributed by atoms with Gasteiger partial charge < -0.3 is 20.8 Å². The molecule has 0 aliphatic rings. The van der Waals surface area contributed by atoms with Crippen LogP contribution in [0.5, 0.6) is 11.5 Å². The van der Waals surface area contributed by atoms with Crippen molar-refractivity contribution in [2.24, 2.45) is 11.0 Å². The van der Waals surface area contributed by atoms with Crippen LogP contribution in [0.25, 0.3) is 22.9 Å². The summed E-state index contributed by atoms with van der Waals surface area (Å²) in [6, 6.07) is 22.3. The van der Waals surface area contributed by atoms with Crippen LogP contribution < -0.4 is 26.9 Å². The van der Waals surface area contributed by atoms with Crippen molar-refractivity contribution in [3.63, 3.8) is 0 Å². The Kier molecular flexibility index (Phi) is 15.3. The van der Waals surface area contributed by atoms with Crippen molar-refractivity contribution in [1.29, 1.82) is 0 Å². The molecule has 0 saturated heterocycles. The van der Waals surface area contributed by atoms with Gasteiger partial charge in [-0.3, -0.25) is 29.5 Å². The van der Waals surface area contributed by atoms with E-state index in [9.17, 15) is 45.7 Å². The van der Waals surface area contributed by atoms with Crippen LogP contribution in [0.15, 0.2) is 109 Å². The molecule has 0 aliphatic carbocycles. The minimum absolute atomic E-state index is 0.00699. The molecule has 318 valence electrons. The molecule has 5 aromatic carbocycles. The van der Waals surface area contributed by atoms with Crippen molar-refractivity contribution in [2.75, 3.05) is 12.4 Å². The highest BCUT2D eigenvalue weighted by atomic mass is 79.9. The molecule has 1 unspecified atom stereocenters. The van der Waals surface area contributed by atoms with Gasteiger partial charge in [-0.05, 0) is 108 Å². The number of amides is 2. The molecule has 0 saturated carbocycles. The van der Waals surface area contributed by atoms with E-state index in [4.69, 9.17) is 24.4 Å². The zero-order valence-corrected chi connectivity index (χ0v) is 37.8. The van der Waals surface area contributed by atoms with Gasteiger partial charge in [0.2, 0.25) is 0 Å². The summed E-state index contributed by atoms with van der Waals surface area (Å²) < 4.78 is 69.5. The number of nitrogens with zero attached hydrogens (tertiary/aromatic N) is 1. The van der Waals surface area contributed by atoms with Gasteiger partial charge >= 0.3 is 0 Å². The highest BCUT2D eigenvalue weighted by Crippen LogP contribution is 2.40. The quantitative estimate of drug-likeness (QED) is 0.0167. The van der Waals surface area contributed by atoms with Gasteiger partial charge in [0.05, 0.1) is 15.7 Å². The number of phenols is 2. The summed E-state index contributed by atoms with van der Waals surface area (Å²) in [5.74, 6) is -3.60. The Bertz CT molecular complexity index is 2860. The van der Waals surface area contributed by atoms with E-state index in [1.165, 1.54) is 42.5 Å². The van der Waals surface area contributed by atoms with E-state index >= 15 is 0 Å². The first-order valence-corrected chi connectivity index (χ1v) is 22.7. The largest absolute Gasteiger partial charge is 0.506 e. The summed E-state index contributed by atoms with van der Waals surface area (Å²) >= 11 is 16.7. The van der Waals surface area contributed by atoms with Crippen molar-refractivity contribution in [3.8, 4) is 11.5 Å². The Morgan fingerprint density at radius 1 is 0.754 bits per heavy atom. The van der Waals surface area contributed by atoms with Crippen LogP contribution in [0.3, 0.4) is 0 Å². The van der Waals surface area contributed by atoms with Crippen LogP contribution in [-0.4, -0.2) is 71.3 Å². The van der Waals surface area contributed by atoms with Crippen LogP contribution >= 0.6 is 56.3 Å². The number of hydrogen-bond donors (Lipinski definition) is 9. The first-order valence-electron chi connectivity index (χ1n) is 17.4. The van der Waals surface area contributed by atoms with Crippen molar-refractivity contribution in [2.45, 2.75) is 22.6 Å². The number of carbonyl (C=O) groups is 2. The van der Waals surface area contributed by atoms with E-state index in [1.54, 1.807) is 13.1 Å². The number of hydrazone groups is 1. The van der Waals surface area contributed by atoms with E-state index in [0.717, 1.165) is 29.1 Å². The van der Waals surface area contributed by atoms with Gasteiger partial charge in [0.15, 0.2) is 5.11 Å². The van der Waals surface area contributed by atoms with Gasteiger partial charge in [0, 0.05) is 24.7 Å². The Hall–Kier alpha value is -5.33. The molecule has 5 rings (SSSR count). The van der Waals surface area contributed by atoms with Crippen molar-refractivity contribution >= 4 is 133 Å². The van der Waals surface area contributed by atoms with Gasteiger partial charge in [-0.25, -0.2) is 5.43 Å². The molecule has 16 nitrogen and oxygen atoms in total. The maximum absolute atomic E-state index is 13.6. The number of phenolic OH excluding ortho intramolecular Hbond substituents is 2. The molecule has 0 aromatic heterocycles. The van der Waals surface area contributed by atoms with Crippen LogP contribution in [-0.2, 0) is 42.7 Å². The molecular formula is C39H34Br2N6O10S4. The Labute approximate surface area is 377 Å². The Morgan fingerprint density at radius 3 is 2.03 bits per heavy atom. The third-order valence-corrected chi connectivity index (χ3v) is 12.5. The van der Waals surface area contributed by atoms with Crippen LogP contribution in [0.4, 0.5) is 5.69 Å². The van der Waals surface area contributed by atoms with Crippen molar-refractivity contribution in [3.05, 3.63) is 122 Å². The zero-order valence-electron chi connectivity index (χ0n) is 31.4. The molecular weight excluding hydrogens is 1000 g/mol. The minimum Gasteiger partial charge on any atom is -0.506 e. The van der Waals surface area contributed by atoms with Crippen molar-refractivity contribution in [1.82, 2.24) is 21.6 Å². The molecule has 0 fully saturated rings. The third kappa shape index (κ3) is 12.4. The molecule has 0 spiro atoms. The topological polar surface area (TPSA) is 256 Å². The summed E-state index contributed by atoms with van der Waals surface area (Å²) in [6.45, 7) is 0. The van der Waals surface area contributed by atoms with E-state index in [-0.39, 0.29) is 71.3 Å². The fraction of sp³-hybridized carbons (Fsp3) is 0.103. The highest BCUT2D eigenvalue weighted by molar-refractivity contribution is 9.11. The summed E-state index contributed by atoms with van der Waals surface area (Å²) in [4.78, 5) is 26.0. The van der Waals surface area contributed by atoms with E-state index in [1.807, 2.05) is 36.4 Å². The summed E-state index contributed by atoms with van der Waals surface area (Å²) in [5.41, 5.74) is 8.56. The fourth-order valence-corrected chi connectivity index (χ4v) is 8.64. The molecule has 1 atom stereocenters. The van der Waals surface area contributed by atoms with E-state index in [0.29, 0.717) is 5.56 Å². The molecule has 0 bridgehead atoms. The average Bonchev–Trinajstić information content (AvgIpc) is 3.21. The average molecular weight is 1030 g/mol. The number of anilines is 1. The fourth-order valence-electron chi connectivity index (χ4n) is 5.71. The first kappa shape index (κ1) is 46.7. The van der Waals surface area contributed by atoms with E-state index < -0.39 is 47.8 Å². The second-order valence-corrected chi connectivity index (χ2v) is 18.3. The van der Waals surface area contributed by atoms with Gasteiger partial charge in [0.1, 0.15) is 31.7 Å².